The minimum Gasteiger partial charge on any atom is -0.497 e. The maximum atomic E-state index is 12.6. The van der Waals surface area contributed by atoms with Crippen LogP contribution in [0.25, 0.3) is 0 Å². The fourth-order valence-electron chi connectivity index (χ4n) is 3.06. The summed E-state index contributed by atoms with van der Waals surface area (Å²) in [5.74, 6) is 0.931. The highest BCUT2D eigenvalue weighted by atomic mass is 16.5. The van der Waals surface area contributed by atoms with Crippen molar-refractivity contribution in [1.29, 1.82) is 0 Å². The lowest BCUT2D eigenvalue weighted by molar-refractivity contribution is 0.0717. The van der Waals surface area contributed by atoms with Crippen molar-refractivity contribution in [2.24, 2.45) is 0 Å². The number of aromatic nitrogens is 1. The number of aryl methyl sites for hydroxylation is 1. The van der Waals surface area contributed by atoms with E-state index in [4.69, 9.17) is 4.74 Å². The summed E-state index contributed by atoms with van der Waals surface area (Å²) >= 11 is 0. The van der Waals surface area contributed by atoms with E-state index in [9.17, 15) is 4.79 Å². The minimum atomic E-state index is 0.0837. The van der Waals surface area contributed by atoms with Crippen LogP contribution in [-0.4, -0.2) is 42.0 Å². The van der Waals surface area contributed by atoms with Crippen LogP contribution in [0.3, 0.4) is 0 Å². The van der Waals surface area contributed by atoms with Crippen LogP contribution in [0.4, 0.5) is 5.69 Å². The number of rotatable bonds is 4. The van der Waals surface area contributed by atoms with E-state index in [1.54, 1.807) is 13.3 Å². The van der Waals surface area contributed by atoms with Crippen LogP contribution >= 0.6 is 0 Å². The minimum absolute atomic E-state index is 0.0837. The molecule has 24 heavy (non-hydrogen) atoms. The van der Waals surface area contributed by atoms with Crippen molar-refractivity contribution in [3.63, 3.8) is 0 Å². The Morgan fingerprint density at radius 2 is 2.04 bits per heavy atom. The molecule has 0 radical (unpaired) electrons. The fourth-order valence-corrected chi connectivity index (χ4v) is 3.06. The third kappa shape index (κ3) is 3.67. The van der Waals surface area contributed by atoms with Gasteiger partial charge in [0.05, 0.1) is 12.7 Å². The monoisotopic (exact) mass is 325 g/mol. The van der Waals surface area contributed by atoms with Crippen LogP contribution in [0.1, 0.15) is 28.9 Å². The van der Waals surface area contributed by atoms with Gasteiger partial charge in [0.1, 0.15) is 5.75 Å². The lowest BCUT2D eigenvalue weighted by Crippen LogP contribution is -2.42. The predicted octanol–water partition coefficient (Wildman–Crippen LogP) is 3.12. The average molecular weight is 325 g/mol. The van der Waals surface area contributed by atoms with Gasteiger partial charge >= 0.3 is 0 Å². The molecule has 0 spiro atoms. The smallest absolute Gasteiger partial charge is 0.255 e. The molecule has 1 N–H and O–H groups in total. The summed E-state index contributed by atoms with van der Waals surface area (Å²) in [5, 5.41) is 3.54. The standard InChI is InChI=1S/C19H23N3O2/c1-14-18(7-4-10-20-14)19(23)22-11-8-15(9-12-22)21-16-5-3-6-17(13-16)24-2/h3-7,10,13,15,21H,8-9,11-12H2,1-2H3. The summed E-state index contributed by atoms with van der Waals surface area (Å²) in [7, 11) is 1.67. The molecule has 1 aromatic carbocycles. The van der Waals surface area contributed by atoms with Gasteiger partial charge in [-0.05, 0) is 44.0 Å². The fraction of sp³-hybridized carbons (Fsp3) is 0.368. The number of nitrogens with one attached hydrogen (secondary N) is 1. The second-order valence-electron chi connectivity index (χ2n) is 6.08. The van der Waals surface area contributed by atoms with E-state index in [1.165, 1.54) is 0 Å². The molecule has 0 atom stereocenters. The second kappa shape index (κ2) is 7.34. The third-order valence-electron chi connectivity index (χ3n) is 4.46. The molecule has 0 saturated carbocycles. The zero-order chi connectivity index (χ0) is 16.9. The van der Waals surface area contributed by atoms with Crippen LogP contribution in [0.15, 0.2) is 42.6 Å². The number of pyridine rings is 1. The SMILES string of the molecule is COc1cccc(NC2CCN(C(=O)c3cccnc3C)CC2)c1. The lowest BCUT2D eigenvalue weighted by Gasteiger charge is -2.33. The van der Waals surface area contributed by atoms with Crippen LogP contribution in [-0.2, 0) is 0 Å². The van der Waals surface area contributed by atoms with Gasteiger partial charge < -0.3 is 15.0 Å². The highest BCUT2D eigenvalue weighted by Gasteiger charge is 2.24. The highest BCUT2D eigenvalue weighted by molar-refractivity contribution is 5.95. The van der Waals surface area contributed by atoms with Crippen molar-refractivity contribution < 1.29 is 9.53 Å². The Morgan fingerprint density at radius 3 is 2.75 bits per heavy atom. The van der Waals surface area contributed by atoms with Crippen molar-refractivity contribution in [2.75, 3.05) is 25.5 Å². The van der Waals surface area contributed by atoms with E-state index >= 15 is 0 Å². The largest absolute Gasteiger partial charge is 0.497 e. The Labute approximate surface area is 142 Å². The van der Waals surface area contributed by atoms with Gasteiger partial charge in [-0.25, -0.2) is 0 Å². The summed E-state index contributed by atoms with van der Waals surface area (Å²) in [4.78, 5) is 18.8. The summed E-state index contributed by atoms with van der Waals surface area (Å²) in [6.07, 6.45) is 3.58. The number of methoxy groups -OCH3 is 1. The number of nitrogens with zero attached hydrogens (tertiary/aromatic N) is 2. The van der Waals surface area contributed by atoms with Crippen molar-refractivity contribution >= 4 is 11.6 Å². The van der Waals surface area contributed by atoms with Gasteiger partial charge in [0.25, 0.3) is 5.91 Å². The van der Waals surface area contributed by atoms with E-state index in [1.807, 2.05) is 48.2 Å². The Kier molecular flexibility index (Phi) is 4.99. The lowest BCUT2D eigenvalue weighted by atomic mass is 10.0. The molecule has 5 nitrogen and oxygen atoms in total. The highest BCUT2D eigenvalue weighted by Crippen LogP contribution is 2.21. The number of hydrogen-bond donors (Lipinski definition) is 1. The Bertz CT molecular complexity index is 709. The van der Waals surface area contributed by atoms with Gasteiger partial charge in [0.15, 0.2) is 0 Å². The summed E-state index contributed by atoms with van der Waals surface area (Å²) < 4.78 is 5.25. The molecule has 0 bridgehead atoms. The number of carbonyl (C=O) groups is 1. The summed E-state index contributed by atoms with van der Waals surface area (Å²) in [5.41, 5.74) is 2.55. The number of piperidine rings is 1. The Balaban J connectivity index is 1.57. The molecule has 1 saturated heterocycles. The molecule has 0 unspecified atom stereocenters. The third-order valence-corrected chi connectivity index (χ3v) is 4.46. The quantitative estimate of drug-likeness (QED) is 0.938. The molecule has 2 heterocycles. The number of likely N-dealkylation sites (tertiary alicyclic amines) is 1. The molecule has 126 valence electrons. The molecular weight excluding hydrogens is 302 g/mol. The first kappa shape index (κ1) is 16.3. The molecule has 2 aromatic rings. The molecule has 1 aromatic heterocycles. The number of benzene rings is 1. The molecule has 1 aliphatic heterocycles. The van der Waals surface area contributed by atoms with Crippen molar-refractivity contribution in [2.45, 2.75) is 25.8 Å². The number of ether oxygens (including phenoxy) is 1. The Hall–Kier alpha value is -2.56. The zero-order valence-corrected chi connectivity index (χ0v) is 14.2. The van der Waals surface area contributed by atoms with E-state index < -0.39 is 0 Å². The normalized spacial score (nSPS) is 15.2. The molecule has 5 heteroatoms. The second-order valence-corrected chi connectivity index (χ2v) is 6.08. The molecule has 0 aliphatic carbocycles. The van der Waals surface area contributed by atoms with Crippen LogP contribution in [0.5, 0.6) is 5.75 Å². The first-order valence-corrected chi connectivity index (χ1v) is 8.29. The first-order valence-electron chi connectivity index (χ1n) is 8.29. The topological polar surface area (TPSA) is 54.5 Å². The van der Waals surface area contributed by atoms with E-state index in [-0.39, 0.29) is 5.91 Å². The number of anilines is 1. The van der Waals surface area contributed by atoms with Crippen molar-refractivity contribution in [3.8, 4) is 5.75 Å². The van der Waals surface area contributed by atoms with Crippen LogP contribution in [0.2, 0.25) is 0 Å². The molecule has 1 fully saturated rings. The maximum absolute atomic E-state index is 12.6. The van der Waals surface area contributed by atoms with Gasteiger partial charge in [-0.2, -0.15) is 0 Å². The average Bonchev–Trinajstić information content (AvgIpc) is 2.62. The van der Waals surface area contributed by atoms with Gasteiger partial charge in [-0.1, -0.05) is 6.07 Å². The van der Waals surface area contributed by atoms with Gasteiger partial charge in [0, 0.05) is 42.8 Å². The summed E-state index contributed by atoms with van der Waals surface area (Å²) in [6, 6.07) is 12.0. The number of hydrogen-bond acceptors (Lipinski definition) is 4. The molecule has 1 amide bonds. The zero-order valence-electron chi connectivity index (χ0n) is 14.2. The first-order chi connectivity index (χ1) is 11.7. The summed E-state index contributed by atoms with van der Waals surface area (Å²) in [6.45, 7) is 3.40. The van der Waals surface area contributed by atoms with Crippen molar-refractivity contribution in [1.82, 2.24) is 9.88 Å². The van der Waals surface area contributed by atoms with Gasteiger partial charge in [-0.15, -0.1) is 0 Å². The molecular formula is C19H23N3O2. The van der Waals surface area contributed by atoms with E-state index in [0.717, 1.165) is 43.1 Å². The number of amides is 1. The van der Waals surface area contributed by atoms with E-state index in [2.05, 4.69) is 10.3 Å². The van der Waals surface area contributed by atoms with E-state index in [0.29, 0.717) is 11.6 Å². The van der Waals surface area contributed by atoms with Crippen molar-refractivity contribution in [3.05, 3.63) is 53.9 Å². The number of carbonyl (C=O) groups excluding carboxylic acids is 1. The van der Waals surface area contributed by atoms with Crippen LogP contribution in [0, 0.1) is 6.92 Å². The molecule has 3 rings (SSSR count). The Morgan fingerprint density at radius 1 is 1.25 bits per heavy atom. The van der Waals surface area contributed by atoms with Gasteiger partial charge in [-0.3, -0.25) is 9.78 Å². The van der Waals surface area contributed by atoms with Crippen LogP contribution < -0.4 is 10.1 Å². The maximum Gasteiger partial charge on any atom is 0.255 e. The molecule has 1 aliphatic rings. The predicted molar refractivity (Wildman–Crippen MR) is 94.5 cm³/mol. The van der Waals surface area contributed by atoms with Gasteiger partial charge in [0.2, 0.25) is 0 Å².